The van der Waals surface area contributed by atoms with E-state index < -0.39 is 28.8 Å². The second-order valence-electron chi connectivity index (χ2n) is 3.69. The summed E-state index contributed by atoms with van der Waals surface area (Å²) in [6.45, 7) is 0. The lowest BCUT2D eigenvalue weighted by atomic mass is 10.1. The molecule has 1 aromatic heterocycles. The summed E-state index contributed by atoms with van der Waals surface area (Å²) < 4.78 is 28.1. The number of hydrogen-bond donors (Lipinski definition) is 2. The number of rotatable bonds is 2. The molecule has 0 bridgehead atoms. The molecule has 0 spiro atoms. The van der Waals surface area contributed by atoms with Crippen LogP contribution in [0.2, 0.25) is 0 Å². The molecule has 7 heteroatoms. The fourth-order valence-electron chi connectivity index (χ4n) is 1.44. The average molecular weight is 252 g/mol. The minimum atomic E-state index is -0.954. The van der Waals surface area contributed by atoms with E-state index in [4.69, 9.17) is 5.73 Å². The van der Waals surface area contributed by atoms with Gasteiger partial charge in [0.25, 0.3) is 5.91 Å². The largest absolute Gasteiger partial charge is 0.396 e. The van der Waals surface area contributed by atoms with E-state index in [0.717, 1.165) is 12.1 Å². The third kappa shape index (κ3) is 2.29. The molecular formula is C11H10F2N4O. The van der Waals surface area contributed by atoms with E-state index in [1.54, 1.807) is 13.2 Å². The van der Waals surface area contributed by atoms with Crippen molar-refractivity contribution in [1.82, 2.24) is 9.78 Å². The number of nitrogens with two attached hydrogens (primary N) is 1. The van der Waals surface area contributed by atoms with Gasteiger partial charge in [-0.2, -0.15) is 5.10 Å². The highest BCUT2D eigenvalue weighted by atomic mass is 19.1. The number of benzene rings is 1. The number of carbonyl (C=O) groups is 1. The molecule has 0 saturated carbocycles. The Hall–Kier alpha value is -2.44. The van der Waals surface area contributed by atoms with Crippen LogP contribution in [0.25, 0.3) is 0 Å². The fourth-order valence-corrected chi connectivity index (χ4v) is 1.44. The van der Waals surface area contributed by atoms with Crippen LogP contribution in [0.1, 0.15) is 10.4 Å². The molecule has 0 aliphatic heterocycles. The van der Waals surface area contributed by atoms with Crippen LogP contribution in [-0.4, -0.2) is 15.7 Å². The van der Waals surface area contributed by atoms with Gasteiger partial charge in [0.2, 0.25) is 0 Å². The van der Waals surface area contributed by atoms with E-state index in [-0.39, 0.29) is 5.82 Å². The summed E-state index contributed by atoms with van der Waals surface area (Å²) >= 11 is 0. The van der Waals surface area contributed by atoms with Crippen LogP contribution >= 0.6 is 0 Å². The summed E-state index contributed by atoms with van der Waals surface area (Å²) in [6.07, 6.45) is 1.60. The number of anilines is 2. The number of carbonyl (C=O) groups excluding carboxylic acids is 1. The maximum atomic E-state index is 13.6. The van der Waals surface area contributed by atoms with Crippen LogP contribution < -0.4 is 11.1 Å². The van der Waals surface area contributed by atoms with Crippen LogP contribution in [0.4, 0.5) is 20.3 Å². The third-order valence-corrected chi connectivity index (χ3v) is 2.27. The van der Waals surface area contributed by atoms with Gasteiger partial charge in [-0.05, 0) is 12.1 Å². The normalized spacial score (nSPS) is 10.4. The van der Waals surface area contributed by atoms with Gasteiger partial charge in [-0.15, -0.1) is 0 Å². The van der Waals surface area contributed by atoms with Crippen molar-refractivity contribution in [2.45, 2.75) is 0 Å². The Morgan fingerprint density at radius 2 is 2.17 bits per heavy atom. The number of nitrogens with one attached hydrogen (secondary N) is 1. The molecule has 2 aromatic rings. The van der Waals surface area contributed by atoms with Crippen molar-refractivity contribution in [2.75, 3.05) is 11.1 Å². The third-order valence-electron chi connectivity index (χ3n) is 2.27. The van der Waals surface area contributed by atoms with Crippen LogP contribution in [0, 0.1) is 11.6 Å². The highest BCUT2D eigenvalue weighted by Crippen LogP contribution is 2.18. The lowest BCUT2D eigenvalue weighted by Crippen LogP contribution is -2.15. The van der Waals surface area contributed by atoms with Crippen molar-refractivity contribution < 1.29 is 13.6 Å². The second-order valence-corrected chi connectivity index (χ2v) is 3.69. The van der Waals surface area contributed by atoms with E-state index in [2.05, 4.69) is 10.4 Å². The zero-order chi connectivity index (χ0) is 13.3. The molecule has 0 aliphatic carbocycles. The van der Waals surface area contributed by atoms with E-state index in [0.29, 0.717) is 0 Å². The Morgan fingerprint density at radius 1 is 1.44 bits per heavy atom. The minimum absolute atomic E-state index is 0.240. The van der Waals surface area contributed by atoms with Gasteiger partial charge in [0.1, 0.15) is 5.82 Å². The molecule has 94 valence electrons. The molecular weight excluding hydrogens is 242 g/mol. The van der Waals surface area contributed by atoms with Crippen molar-refractivity contribution in [3.63, 3.8) is 0 Å². The summed E-state index contributed by atoms with van der Waals surface area (Å²) in [7, 11) is 1.66. The van der Waals surface area contributed by atoms with Crippen LogP contribution in [0.5, 0.6) is 0 Å². The topological polar surface area (TPSA) is 72.9 Å². The standard InChI is InChI=1S/C11H10F2N4O/c1-17-3-2-9(16-17)15-11(18)7-4-6(12)5-8(14)10(7)13/h2-5H,14H2,1H3,(H,15,16,18). The Bertz CT molecular complexity index is 609. The van der Waals surface area contributed by atoms with E-state index >= 15 is 0 Å². The summed E-state index contributed by atoms with van der Waals surface area (Å²) in [6, 6.07) is 3.12. The molecule has 18 heavy (non-hydrogen) atoms. The molecule has 0 unspecified atom stereocenters. The maximum absolute atomic E-state index is 13.6. The van der Waals surface area contributed by atoms with E-state index in [9.17, 15) is 13.6 Å². The highest BCUT2D eigenvalue weighted by Gasteiger charge is 2.16. The van der Waals surface area contributed by atoms with E-state index in [1.807, 2.05) is 0 Å². The van der Waals surface area contributed by atoms with Crippen LogP contribution in [-0.2, 0) is 7.05 Å². The first-order valence-corrected chi connectivity index (χ1v) is 5.03. The number of nitrogens with zero attached hydrogens (tertiary/aromatic N) is 2. The molecule has 2 rings (SSSR count). The Balaban J connectivity index is 2.29. The Labute approximate surface area is 101 Å². The van der Waals surface area contributed by atoms with Crippen molar-refractivity contribution in [2.24, 2.45) is 7.05 Å². The quantitative estimate of drug-likeness (QED) is 0.796. The van der Waals surface area contributed by atoms with Crippen molar-refractivity contribution in [3.05, 3.63) is 41.6 Å². The van der Waals surface area contributed by atoms with Gasteiger partial charge in [-0.1, -0.05) is 0 Å². The van der Waals surface area contributed by atoms with Gasteiger partial charge in [0, 0.05) is 19.3 Å². The Morgan fingerprint density at radius 3 is 2.78 bits per heavy atom. The smallest absolute Gasteiger partial charge is 0.260 e. The lowest BCUT2D eigenvalue weighted by molar-refractivity contribution is 0.102. The molecule has 1 heterocycles. The maximum Gasteiger partial charge on any atom is 0.260 e. The number of nitrogen functional groups attached to an aromatic ring is 1. The first-order valence-electron chi connectivity index (χ1n) is 5.03. The monoisotopic (exact) mass is 252 g/mol. The van der Waals surface area contributed by atoms with E-state index in [1.165, 1.54) is 10.7 Å². The molecule has 0 atom stereocenters. The van der Waals surface area contributed by atoms with Gasteiger partial charge in [-0.3, -0.25) is 9.48 Å². The van der Waals surface area contributed by atoms with Crippen LogP contribution in [0.15, 0.2) is 24.4 Å². The predicted molar refractivity (Wildman–Crippen MR) is 61.9 cm³/mol. The van der Waals surface area contributed by atoms with Gasteiger partial charge in [-0.25, -0.2) is 8.78 Å². The summed E-state index contributed by atoms with van der Waals surface area (Å²) in [5.41, 5.74) is 4.37. The highest BCUT2D eigenvalue weighted by molar-refractivity contribution is 6.04. The minimum Gasteiger partial charge on any atom is -0.396 e. The van der Waals surface area contributed by atoms with Crippen molar-refractivity contribution in [3.8, 4) is 0 Å². The van der Waals surface area contributed by atoms with Crippen LogP contribution in [0.3, 0.4) is 0 Å². The average Bonchev–Trinajstić information content (AvgIpc) is 2.69. The summed E-state index contributed by atoms with van der Waals surface area (Å²) in [4.78, 5) is 11.7. The Kier molecular flexibility index (Phi) is 2.97. The molecule has 0 saturated heterocycles. The van der Waals surface area contributed by atoms with Crippen molar-refractivity contribution >= 4 is 17.4 Å². The van der Waals surface area contributed by atoms with Gasteiger partial charge < -0.3 is 11.1 Å². The zero-order valence-corrected chi connectivity index (χ0v) is 9.45. The predicted octanol–water partition coefficient (Wildman–Crippen LogP) is 1.53. The fraction of sp³-hybridized carbons (Fsp3) is 0.0909. The first-order chi connectivity index (χ1) is 8.47. The molecule has 3 N–H and O–H groups in total. The van der Waals surface area contributed by atoms with Gasteiger partial charge >= 0.3 is 0 Å². The number of aromatic nitrogens is 2. The zero-order valence-electron chi connectivity index (χ0n) is 9.45. The summed E-state index contributed by atoms with van der Waals surface area (Å²) in [5, 5.41) is 6.23. The van der Waals surface area contributed by atoms with Crippen molar-refractivity contribution in [1.29, 1.82) is 0 Å². The number of halogens is 2. The SMILES string of the molecule is Cn1ccc(NC(=O)c2cc(F)cc(N)c2F)n1. The number of amides is 1. The molecule has 0 radical (unpaired) electrons. The second kappa shape index (κ2) is 4.44. The number of aryl methyl sites for hydroxylation is 1. The molecule has 1 aromatic carbocycles. The molecule has 1 amide bonds. The molecule has 0 aliphatic rings. The van der Waals surface area contributed by atoms with Gasteiger partial charge in [0.15, 0.2) is 11.6 Å². The molecule has 5 nitrogen and oxygen atoms in total. The van der Waals surface area contributed by atoms with Gasteiger partial charge in [0.05, 0.1) is 11.3 Å². The lowest BCUT2D eigenvalue weighted by Gasteiger charge is -2.05. The summed E-state index contributed by atoms with van der Waals surface area (Å²) in [5.74, 6) is -2.30. The first kappa shape index (κ1) is 12.0. The number of hydrogen-bond acceptors (Lipinski definition) is 3. The molecule has 0 fully saturated rings.